The molecule has 1 rings (SSSR count). The summed E-state index contributed by atoms with van der Waals surface area (Å²) in [7, 11) is 0. The van der Waals surface area contributed by atoms with Gasteiger partial charge in [0.2, 0.25) is 0 Å². The summed E-state index contributed by atoms with van der Waals surface area (Å²) >= 11 is 0. The first-order chi connectivity index (χ1) is 11.2. The number of carbonyl (C=O) groups excluding carboxylic acids is 3. The van der Waals surface area contributed by atoms with Gasteiger partial charge in [0.15, 0.2) is 0 Å². The summed E-state index contributed by atoms with van der Waals surface area (Å²) in [5.74, 6) is -2.01. The van der Waals surface area contributed by atoms with E-state index in [1.165, 1.54) is 0 Å². The summed E-state index contributed by atoms with van der Waals surface area (Å²) in [5, 5.41) is 13.5. The van der Waals surface area contributed by atoms with Gasteiger partial charge in [-0.3, -0.25) is 4.79 Å². The normalized spacial score (nSPS) is 21.2. The molecule has 0 bridgehead atoms. The van der Waals surface area contributed by atoms with Crippen molar-refractivity contribution in [1.82, 2.24) is 5.32 Å². The Hall–Kier alpha value is -0.790. The second-order valence-electron chi connectivity index (χ2n) is 7.03. The van der Waals surface area contributed by atoms with Crippen molar-refractivity contribution in [2.45, 2.75) is 59.7 Å². The van der Waals surface area contributed by atoms with Gasteiger partial charge in [0, 0.05) is 18.4 Å². The molecule has 1 aliphatic carbocycles. The topological polar surface area (TPSA) is 105 Å². The minimum absolute atomic E-state index is 0. The average Bonchev–Trinajstić information content (AvgIpc) is 2.52. The van der Waals surface area contributed by atoms with E-state index < -0.39 is 24.3 Å². The van der Waals surface area contributed by atoms with Crippen molar-refractivity contribution in [2.24, 2.45) is 23.7 Å². The fourth-order valence-electron chi connectivity index (χ4n) is 2.52. The van der Waals surface area contributed by atoms with E-state index in [0.29, 0.717) is 19.4 Å². The molecular formula is C17H28NNaO6. The third-order valence-corrected chi connectivity index (χ3v) is 4.19. The minimum atomic E-state index is -0.993. The molecule has 7 nitrogen and oxygen atoms in total. The summed E-state index contributed by atoms with van der Waals surface area (Å²) in [4.78, 5) is 34.3. The number of alkyl carbamates (subject to hydrolysis) is 1. The Labute approximate surface area is 171 Å². The molecule has 0 radical (unpaired) electrons. The van der Waals surface area contributed by atoms with E-state index in [1.807, 2.05) is 0 Å². The average molecular weight is 365 g/mol. The molecule has 0 spiro atoms. The zero-order valence-electron chi connectivity index (χ0n) is 15.9. The molecule has 1 aliphatic rings. The van der Waals surface area contributed by atoms with Gasteiger partial charge >= 0.3 is 41.6 Å². The van der Waals surface area contributed by atoms with Crippen LogP contribution in [0, 0.1) is 23.7 Å². The number of nitrogens with one attached hydrogen (secondary N) is 1. The molecule has 0 aromatic carbocycles. The maximum Gasteiger partial charge on any atom is 1.00 e. The fraction of sp³-hybridized carbons (Fsp3) is 0.824. The number of hydrogen-bond donors (Lipinski definition) is 1. The third-order valence-electron chi connectivity index (χ3n) is 4.19. The van der Waals surface area contributed by atoms with E-state index in [4.69, 9.17) is 9.47 Å². The van der Waals surface area contributed by atoms with E-state index in [1.54, 1.807) is 27.7 Å². The molecule has 1 fully saturated rings. The van der Waals surface area contributed by atoms with Gasteiger partial charge in [-0.2, -0.15) is 0 Å². The minimum Gasteiger partial charge on any atom is -0.550 e. The van der Waals surface area contributed by atoms with E-state index in [2.05, 4.69) is 5.32 Å². The third kappa shape index (κ3) is 8.92. The Morgan fingerprint density at radius 2 is 1.60 bits per heavy atom. The molecular weight excluding hydrogens is 337 g/mol. The molecule has 1 atom stereocenters. The van der Waals surface area contributed by atoms with Crippen LogP contribution in [0.5, 0.6) is 0 Å². The zero-order valence-corrected chi connectivity index (χ0v) is 17.9. The zero-order chi connectivity index (χ0) is 18.3. The van der Waals surface area contributed by atoms with E-state index in [0.717, 1.165) is 12.8 Å². The molecule has 0 aliphatic heterocycles. The van der Waals surface area contributed by atoms with Crippen LogP contribution in [0.4, 0.5) is 4.79 Å². The van der Waals surface area contributed by atoms with Gasteiger partial charge in [-0.25, -0.2) is 4.79 Å². The van der Waals surface area contributed by atoms with E-state index in [9.17, 15) is 19.5 Å². The second-order valence-corrected chi connectivity index (χ2v) is 7.03. The van der Waals surface area contributed by atoms with Crippen molar-refractivity contribution in [3.63, 3.8) is 0 Å². The Kier molecular flexibility index (Phi) is 11.4. The molecule has 0 aromatic heterocycles. The van der Waals surface area contributed by atoms with Gasteiger partial charge < -0.3 is 24.7 Å². The van der Waals surface area contributed by atoms with Gasteiger partial charge in [-0.1, -0.05) is 27.7 Å². The van der Waals surface area contributed by atoms with Crippen molar-refractivity contribution in [3.05, 3.63) is 0 Å². The number of rotatable bonds is 7. The monoisotopic (exact) mass is 365 g/mol. The predicted molar refractivity (Wildman–Crippen MR) is 84.5 cm³/mol. The molecule has 8 heteroatoms. The van der Waals surface area contributed by atoms with Gasteiger partial charge in [0.1, 0.15) is 0 Å². The number of carboxylic acids is 1. The number of ether oxygens (including phenoxy) is 2. The number of amides is 1. The number of esters is 1. The number of aliphatic carboxylic acids is 1. The van der Waals surface area contributed by atoms with Gasteiger partial charge in [-0.05, 0) is 37.5 Å². The second kappa shape index (κ2) is 11.8. The summed E-state index contributed by atoms with van der Waals surface area (Å²) in [6.45, 7) is 7.44. The van der Waals surface area contributed by atoms with E-state index in [-0.39, 0.29) is 53.2 Å². The van der Waals surface area contributed by atoms with Crippen LogP contribution in [0.2, 0.25) is 0 Å². The summed E-state index contributed by atoms with van der Waals surface area (Å²) in [6, 6.07) is 0. The van der Waals surface area contributed by atoms with Crippen molar-refractivity contribution in [3.8, 4) is 0 Å². The SMILES string of the molecule is CC(C)C(=O)OC(OC(=O)NC[C@H]1CC[C@H](C(=O)[O-])CC1)C(C)C.[Na+]. The molecule has 0 aromatic rings. The Morgan fingerprint density at radius 3 is 2.04 bits per heavy atom. The number of hydrogen-bond acceptors (Lipinski definition) is 6. The van der Waals surface area contributed by atoms with Crippen LogP contribution in [0.1, 0.15) is 53.4 Å². The maximum absolute atomic E-state index is 11.9. The molecule has 1 N–H and O–H groups in total. The van der Waals surface area contributed by atoms with Crippen molar-refractivity contribution in [2.75, 3.05) is 6.54 Å². The van der Waals surface area contributed by atoms with Gasteiger partial charge in [0.25, 0.3) is 6.29 Å². The predicted octanol–water partition coefficient (Wildman–Crippen LogP) is -1.55. The molecule has 25 heavy (non-hydrogen) atoms. The van der Waals surface area contributed by atoms with Crippen LogP contribution in [-0.2, 0) is 19.1 Å². The fourth-order valence-corrected chi connectivity index (χ4v) is 2.52. The molecule has 138 valence electrons. The van der Waals surface area contributed by atoms with Crippen molar-refractivity contribution < 1.29 is 58.5 Å². The first kappa shape index (κ1) is 24.2. The molecule has 0 saturated heterocycles. The quantitative estimate of drug-likeness (QED) is 0.333. The van der Waals surface area contributed by atoms with Gasteiger partial charge in [-0.15, -0.1) is 0 Å². The van der Waals surface area contributed by atoms with Crippen molar-refractivity contribution in [1.29, 1.82) is 0 Å². The molecule has 1 saturated carbocycles. The smallest absolute Gasteiger partial charge is 0.550 e. The van der Waals surface area contributed by atoms with Crippen LogP contribution in [0.15, 0.2) is 0 Å². The Morgan fingerprint density at radius 1 is 1.04 bits per heavy atom. The van der Waals surface area contributed by atoms with E-state index >= 15 is 0 Å². The first-order valence-electron chi connectivity index (χ1n) is 8.56. The van der Waals surface area contributed by atoms with Crippen LogP contribution < -0.4 is 40.0 Å². The van der Waals surface area contributed by atoms with Crippen molar-refractivity contribution >= 4 is 18.0 Å². The largest absolute Gasteiger partial charge is 1.00 e. The van der Waals surface area contributed by atoms with Crippen LogP contribution in [-0.4, -0.2) is 30.9 Å². The first-order valence-corrected chi connectivity index (χ1v) is 8.56. The standard InChI is InChI=1S/C17H29NO6.Na/c1-10(2)15(21)23-16(11(3)4)24-17(22)18-9-12-5-7-13(8-6-12)14(19)20;/h10-13,16H,5-9H2,1-4H3,(H,18,22)(H,19,20);/q;+1/p-1/t12-,13-,16?;. The maximum atomic E-state index is 11.9. The summed E-state index contributed by atoms with van der Waals surface area (Å²) in [5.41, 5.74) is 0. The summed E-state index contributed by atoms with van der Waals surface area (Å²) in [6.07, 6.45) is 1.05. The van der Waals surface area contributed by atoms with Gasteiger partial charge in [0.05, 0.1) is 5.92 Å². The molecule has 1 amide bonds. The van der Waals surface area contributed by atoms with Crippen LogP contribution in [0.3, 0.4) is 0 Å². The number of carboxylic acid groups (broad SMARTS) is 1. The van der Waals surface area contributed by atoms with Crippen LogP contribution in [0.25, 0.3) is 0 Å². The Bertz CT molecular complexity index is 446. The number of carbonyl (C=O) groups is 3. The summed E-state index contributed by atoms with van der Waals surface area (Å²) < 4.78 is 10.4. The molecule has 0 heterocycles. The Balaban J connectivity index is 0.00000576. The molecule has 1 unspecified atom stereocenters. The van der Waals surface area contributed by atoms with Crippen LogP contribution >= 0.6 is 0 Å².